The minimum absolute atomic E-state index is 0.352. The van der Waals surface area contributed by atoms with Crippen molar-refractivity contribution in [2.75, 3.05) is 0 Å². The Labute approximate surface area is 126 Å². The van der Waals surface area contributed by atoms with Crippen LogP contribution in [-0.4, -0.2) is 22.3 Å². The molecule has 0 unspecified atom stereocenters. The van der Waals surface area contributed by atoms with E-state index in [9.17, 15) is 4.79 Å². The zero-order valence-electron chi connectivity index (χ0n) is 11.9. The average molecular weight is 294 g/mol. The third kappa shape index (κ3) is 2.80. The summed E-state index contributed by atoms with van der Waals surface area (Å²) < 4.78 is 5.09. The van der Waals surface area contributed by atoms with E-state index in [1.54, 1.807) is 12.1 Å². The molecule has 22 heavy (non-hydrogen) atoms. The van der Waals surface area contributed by atoms with Crippen LogP contribution < -0.4 is 5.43 Å². The molecule has 0 radical (unpaired) electrons. The molecule has 0 aliphatic rings. The first-order valence-electron chi connectivity index (χ1n) is 6.73. The van der Waals surface area contributed by atoms with Crippen LogP contribution in [0.1, 0.15) is 21.8 Å². The first kappa shape index (κ1) is 13.8. The zero-order chi connectivity index (χ0) is 15.4. The third-order valence-electron chi connectivity index (χ3n) is 3.19. The topological polar surface area (TPSA) is 83.3 Å². The van der Waals surface area contributed by atoms with E-state index in [1.165, 1.54) is 12.5 Å². The van der Waals surface area contributed by atoms with Crippen LogP contribution in [0.5, 0.6) is 0 Å². The van der Waals surface area contributed by atoms with E-state index in [1.807, 2.05) is 37.3 Å². The predicted molar refractivity (Wildman–Crippen MR) is 82.5 cm³/mol. The molecule has 2 heterocycles. The number of hydrazone groups is 1. The molecule has 0 bridgehead atoms. The lowest BCUT2D eigenvalue weighted by Gasteiger charge is -1.99. The third-order valence-corrected chi connectivity index (χ3v) is 3.19. The molecule has 0 spiro atoms. The van der Waals surface area contributed by atoms with Crippen molar-refractivity contribution in [1.29, 1.82) is 0 Å². The summed E-state index contributed by atoms with van der Waals surface area (Å²) >= 11 is 0. The minimum atomic E-state index is -0.352. The van der Waals surface area contributed by atoms with E-state index in [4.69, 9.17) is 4.42 Å². The lowest BCUT2D eigenvalue weighted by molar-refractivity contribution is 0.0949. The van der Waals surface area contributed by atoms with Crippen LogP contribution in [0.15, 0.2) is 58.2 Å². The summed E-state index contributed by atoms with van der Waals surface area (Å²) in [7, 11) is 0. The van der Waals surface area contributed by atoms with Crippen LogP contribution in [0.2, 0.25) is 0 Å². The normalized spacial score (nSPS) is 11.0. The van der Waals surface area contributed by atoms with Gasteiger partial charge in [-0.25, -0.2) is 5.43 Å². The smallest absolute Gasteiger partial charge is 0.289 e. The number of amides is 1. The number of carbonyl (C=O) groups is 1. The molecule has 0 atom stereocenters. The van der Waals surface area contributed by atoms with Gasteiger partial charge in [-0.3, -0.25) is 9.89 Å². The standard InChI is InChI=1S/C16H14N4O2/c1-11-14(12-6-3-2-4-7-12)18-19-15(11)16(21)20-17-10-13-8-5-9-22-13/h2-10H,1H3,(H,18,19)(H,20,21)/b17-10+. The van der Waals surface area contributed by atoms with Crippen molar-refractivity contribution in [3.05, 3.63) is 65.7 Å². The van der Waals surface area contributed by atoms with Crippen molar-refractivity contribution in [2.45, 2.75) is 6.92 Å². The first-order chi connectivity index (χ1) is 10.8. The molecule has 2 N–H and O–H groups in total. The second-order valence-electron chi connectivity index (χ2n) is 4.65. The van der Waals surface area contributed by atoms with Crippen molar-refractivity contribution in [1.82, 2.24) is 15.6 Å². The van der Waals surface area contributed by atoms with Gasteiger partial charge in [0.05, 0.1) is 18.2 Å². The molecule has 3 aromatic rings. The molecule has 6 heteroatoms. The number of rotatable bonds is 4. The number of aromatic nitrogens is 2. The maximum atomic E-state index is 12.1. The number of hydrogen-bond acceptors (Lipinski definition) is 4. The van der Waals surface area contributed by atoms with Gasteiger partial charge in [0.2, 0.25) is 0 Å². The van der Waals surface area contributed by atoms with Crippen molar-refractivity contribution >= 4 is 12.1 Å². The highest BCUT2D eigenvalue weighted by molar-refractivity contribution is 5.95. The van der Waals surface area contributed by atoms with E-state index in [-0.39, 0.29) is 5.91 Å². The van der Waals surface area contributed by atoms with Gasteiger partial charge in [-0.1, -0.05) is 30.3 Å². The molecule has 1 amide bonds. The molecule has 2 aromatic heterocycles. The number of nitrogens with zero attached hydrogens (tertiary/aromatic N) is 2. The van der Waals surface area contributed by atoms with Gasteiger partial charge in [-0.05, 0) is 19.1 Å². The summed E-state index contributed by atoms with van der Waals surface area (Å²) in [6.07, 6.45) is 2.97. The van der Waals surface area contributed by atoms with Gasteiger partial charge < -0.3 is 4.42 Å². The molecular weight excluding hydrogens is 280 g/mol. The number of benzene rings is 1. The fraction of sp³-hybridized carbons (Fsp3) is 0.0625. The maximum Gasteiger partial charge on any atom is 0.289 e. The largest absolute Gasteiger partial charge is 0.463 e. The maximum absolute atomic E-state index is 12.1. The Morgan fingerprint density at radius 2 is 2.09 bits per heavy atom. The van der Waals surface area contributed by atoms with Crippen molar-refractivity contribution < 1.29 is 9.21 Å². The predicted octanol–water partition coefficient (Wildman–Crippen LogP) is 2.74. The second kappa shape index (κ2) is 6.09. The van der Waals surface area contributed by atoms with Gasteiger partial charge >= 0.3 is 0 Å². The molecule has 1 aromatic carbocycles. The van der Waals surface area contributed by atoms with Crippen LogP contribution >= 0.6 is 0 Å². The lowest BCUT2D eigenvalue weighted by Crippen LogP contribution is -2.19. The lowest BCUT2D eigenvalue weighted by atomic mass is 10.1. The Bertz CT molecular complexity index is 789. The summed E-state index contributed by atoms with van der Waals surface area (Å²) in [6, 6.07) is 13.2. The average Bonchev–Trinajstić information content (AvgIpc) is 3.18. The fourth-order valence-electron chi connectivity index (χ4n) is 2.07. The van der Waals surface area contributed by atoms with E-state index in [0.29, 0.717) is 11.5 Å². The molecule has 0 aliphatic carbocycles. The van der Waals surface area contributed by atoms with Crippen LogP contribution in [0.25, 0.3) is 11.3 Å². The van der Waals surface area contributed by atoms with Gasteiger partial charge in [0.15, 0.2) is 0 Å². The van der Waals surface area contributed by atoms with Gasteiger partial charge in [-0.2, -0.15) is 10.2 Å². The van der Waals surface area contributed by atoms with Crippen LogP contribution in [-0.2, 0) is 0 Å². The van der Waals surface area contributed by atoms with E-state index >= 15 is 0 Å². The van der Waals surface area contributed by atoms with Crippen molar-refractivity contribution in [3.63, 3.8) is 0 Å². The van der Waals surface area contributed by atoms with E-state index in [2.05, 4.69) is 20.7 Å². The van der Waals surface area contributed by atoms with Crippen LogP contribution in [0.3, 0.4) is 0 Å². The van der Waals surface area contributed by atoms with Crippen LogP contribution in [0, 0.1) is 6.92 Å². The highest BCUT2D eigenvalue weighted by Crippen LogP contribution is 2.22. The Morgan fingerprint density at radius 1 is 1.27 bits per heavy atom. The zero-order valence-corrected chi connectivity index (χ0v) is 11.9. The quantitative estimate of drug-likeness (QED) is 0.573. The van der Waals surface area contributed by atoms with Gasteiger partial charge in [0.25, 0.3) is 5.91 Å². The highest BCUT2D eigenvalue weighted by Gasteiger charge is 2.16. The molecule has 3 rings (SSSR count). The van der Waals surface area contributed by atoms with Crippen molar-refractivity contribution in [2.24, 2.45) is 5.10 Å². The van der Waals surface area contributed by atoms with E-state index < -0.39 is 0 Å². The van der Waals surface area contributed by atoms with Gasteiger partial charge in [0.1, 0.15) is 11.5 Å². The Hall–Kier alpha value is -3.15. The van der Waals surface area contributed by atoms with Crippen molar-refractivity contribution in [3.8, 4) is 11.3 Å². The second-order valence-corrected chi connectivity index (χ2v) is 4.65. The number of H-pyrrole nitrogens is 1. The molecule has 6 nitrogen and oxygen atoms in total. The molecular formula is C16H14N4O2. The summed E-state index contributed by atoms with van der Waals surface area (Å²) in [5.41, 5.74) is 5.31. The number of aromatic amines is 1. The monoisotopic (exact) mass is 294 g/mol. The number of nitrogens with one attached hydrogen (secondary N) is 2. The fourth-order valence-corrected chi connectivity index (χ4v) is 2.07. The van der Waals surface area contributed by atoms with Gasteiger partial charge in [0, 0.05) is 11.1 Å². The molecule has 0 saturated carbocycles. The molecule has 0 aliphatic heterocycles. The molecule has 110 valence electrons. The van der Waals surface area contributed by atoms with E-state index in [0.717, 1.165) is 16.8 Å². The summed E-state index contributed by atoms with van der Waals surface area (Å²) in [6.45, 7) is 1.84. The highest BCUT2D eigenvalue weighted by atomic mass is 16.3. The summed E-state index contributed by atoms with van der Waals surface area (Å²) in [4.78, 5) is 12.1. The molecule has 0 saturated heterocycles. The van der Waals surface area contributed by atoms with Crippen LogP contribution in [0.4, 0.5) is 0 Å². The number of hydrogen-bond donors (Lipinski definition) is 2. The Balaban J connectivity index is 1.75. The minimum Gasteiger partial charge on any atom is -0.463 e. The Morgan fingerprint density at radius 3 is 2.82 bits per heavy atom. The molecule has 0 fully saturated rings. The summed E-state index contributed by atoms with van der Waals surface area (Å²) in [5.74, 6) is 0.210. The number of carbonyl (C=O) groups excluding carboxylic acids is 1. The first-order valence-corrected chi connectivity index (χ1v) is 6.73. The Kier molecular flexibility index (Phi) is 3.82. The number of furan rings is 1. The van der Waals surface area contributed by atoms with Gasteiger partial charge in [-0.15, -0.1) is 0 Å². The summed E-state index contributed by atoms with van der Waals surface area (Å²) in [5, 5.41) is 10.8. The SMILES string of the molecule is Cc1c(-c2ccccc2)n[nH]c1C(=O)N/N=C/c1ccco1.